The summed E-state index contributed by atoms with van der Waals surface area (Å²) in [6, 6.07) is 22.0. The monoisotopic (exact) mass is 409 g/mol. The molecule has 0 radical (unpaired) electrons. The lowest BCUT2D eigenvalue weighted by molar-refractivity contribution is -0.141. The summed E-state index contributed by atoms with van der Waals surface area (Å²) in [6.45, 7) is 0.0731. The quantitative estimate of drug-likeness (QED) is 0.330. The van der Waals surface area contributed by atoms with Crippen LogP contribution >= 0.6 is 11.8 Å². The van der Waals surface area contributed by atoms with E-state index in [0.717, 1.165) is 10.5 Å². The normalized spacial score (nSPS) is 11.3. The molecule has 7 nitrogen and oxygen atoms in total. The SMILES string of the molecule is O=C(NCc1ccco1)C(=O)NNC(=O)C(Sc1ccccc1)c1ccccc1. The van der Waals surface area contributed by atoms with Crippen molar-refractivity contribution >= 4 is 29.5 Å². The van der Waals surface area contributed by atoms with Gasteiger partial charge in [0.2, 0.25) is 0 Å². The number of thioether (sulfide) groups is 1. The fraction of sp³-hybridized carbons (Fsp3) is 0.0952. The number of carbonyl (C=O) groups is 3. The molecule has 1 heterocycles. The summed E-state index contributed by atoms with van der Waals surface area (Å²) in [4.78, 5) is 37.4. The first-order valence-corrected chi connectivity index (χ1v) is 9.68. The van der Waals surface area contributed by atoms with Crippen molar-refractivity contribution in [3.63, 3.8) is 0 Å². The van der Waals surface area contributed by atoms with Crippen LogP contribution in [-0.4, -0.2) is 17.7 Å². The zero-order valence-electron chi connectivity index (χ0n) is 15.3. The van der Waals surface area contributed by atoms with Crippen LogP contribution in [0.2, 0.25) is 0 Å². The second-order valence-corrected chi connectivity index (χ2v) is 7.11. The number of amides is 3. The molecule has 1 unspecified atom stereocenters. The van der Waals surface area contributed by atoms with Crippen molar-refractivity contribution in [2.24, 2.45) is 0 Å². The molecule has 1 atom stereocenters. The summed E-state index contributed by atoms with van der Waals surface area (Å²) in [6.07, 6.45) is 1.47. The lowest BCUT2D eigenvalue weighted by Gasteiger charge is -2.17. The van der Waals surface area contributed by atoms with Gasteiger partial charge in [0.15, 0.2) is 0 Å². The highest BCUT2D eigenvalue weighted by Gasteiger charge is 2.23. The Kier molecular flexibility index (Phi) is 7.07. The maximum Gasteiger partial charge on any atom is 0.327 e. The van der Waals surface area contributed by atoms with Crippen LogP contribution < -0.4 is 16.2 Å². The summed E-state index contributed by atoms with van der Waals surface area (Å²) in [7, 11) is 0. The third-order valence-corrected chi connectivity index (χ3v) is 5.11. The van der Waals surface area contributed by atoms with Crippen molar-refractivity contribution in [3.8, 4) is 0 Å². The van der Waals surface area contributed by atoms with Gasteiger partial charge in [0.25, 0.3) is 5.91 Å². The Morgan fingerprint density at radius 1 is 0.828 bits per heavy atom. The molecule has 0 aliphatic heterocycles. The first-order chi connectivity index (χ1) is 14.1. The van der Waals surface area contributed by atoms with Gasteiger partial charge in [-0.15, -0.1) is 11.8 Å². The Labute approximate surface area is 171 Å². The summed E-state index contributed by atoms with van der Waals surface area (Å²) < 4.78 is 5.08. The lowest BCUT2D eigenvalue weighted by Crippen LogP contribution is -2.49. The number of hydrazine groups is 1. The van der Waals surface area contributed by atoms with Gasteiger partial charge in [0.05, 0.1) is 12.8 Å². The van der Waals surface area contributed by atoms with Gasteiger partial charge in [0, 0.05) is 4.90 Å². The first-order valence-electron chi connectivity index (χ1n) is 8.80. The summed E-state index contributed by atoms with van der Waals surface area (Å²) in [5.74, 6) is -1.79. The molecule has 3 amide bonds. The number of furan rings is 1. The minimum atomic E-state index is -0.971. The summed E-state index contributed by atoms with van der Waals surface area (Å²) in [5, 5.41) is 1.80. The van der Waals surface area contributed by atoms with E-state index in [9.17, 15) is 14.4 Å². The summed E-state index contributed by atoms with van der Waals surface area (Å²) >= 11 is 1.34. The Balaban J connectivity index is 1.59. The standard InChI is InChI=1S/C21H19N3O4S/c25-19(23-24-21(27)20(26)22-14-16-10-7-13-28-16)18(15-8-3-1-4-9-15)29-17-11-5-2-6-12-17/h1-13,18H,14H2,(H,22,26)(H,23,25)(H,24,27). The van der Waals surface area contributed by atoms with Crippen LogP contribution in [0.15, 0.2) is 88.4 Å². The van der Waals surface area contributed by atoms with Gasteiger partial charge in [-0.2, -0.15) is 0 Å². The van der Waals surface area contributed by atoms with Gasteiger partial charge in [-0.05, 0) is 29.8 Å². The molecule has 0 aliphatic carbocycles. The van der Waals surface area contributed by atoms with Crippen LogP contribution in [-0.2, 0) is 20.9 Å². The number of nitrogens with one attached hydrogen (secondary N) is 3. The number of rotatable bonds is 6. The van der Waals surface area contributed by atoms with Crippen molar-refractivity contribution in [2.45, 2.75) is 16.7 Å². The highest BCUT2D eigenvalue weighted by Crippen LogP contribution is 2.35. The average Bonchev–Trinajstić information content (AvgIpc) is 3.29. The number of hydrogen-bond donors (Lipinski definition) is 3. The molecule has 2 aromatic carbocycles. The second-order valence-electron chi connectivity index (χ2n) is 5.93. The van der Waals surface area contributed by atoms with Crippen molar-refractivity contribution in [3.05, 3.63) is 90.4 Å². The first kappa shape index (κ1) is 20.2. The van der Waals surface area contributed by atoms with Crippen LogP contribution in [0.4, 0.5) is 0 Å². The molecule has 1 aromatic heterocycles. The Morgan fingerprint density at radius 3 is 2.17 bits per heavy atom. The molecule has 0 spiro atoms. The van der Waals surface area contributed by atoms with Crippen LogP contribution in [0.1, 0.15) is 16.6 Å². The predicted octanol–water partition coefficient (Wildman–Crippen LogP) is 2.58. The second kappa shape index (κ2) is 10.1. The molecule has 8 heteroatoms. The topological polar surface area (TPSA) is 100 Å². The number of benzene rings is 2. The Morgan fingerprint density at radius 2 is 1.52 bits per heavy atom. The Bertz CT molecular complexity index is 947. The van der Waals surface area contributed by atoms with E-state index in [1.54, 1.807) is 12.1 Å². The molecule has 3 aromatic rings. The van der Waals surface area contributed by atoms with E-state index >= 15 is 0 Å². The highest BCUT2D eigenvalue weighted by molar-refractivity contribution is 8.00. The van der Waals surface area contributed by atoms with Gasteiger partial charge < -0.3 is 9.73 Å². The molecule has 148 valence electrons. The third-order valence-electron chi connectivity index (χ3n) is 3.85. The number of carbonyl (C=O) groups excluding carboxylic acids is 3. The molecule has 0 bridgehead atoms. The fourth-order valence-electron chi connectivity index (χ4n) is 2.44. The largest absolute Gasteiger partial charge is 0.467 e. The molecule has 0 saturated heterocycles. The summed E-state index contributed by atoms with van der Waals surface area (Å²) in [5.41, 5.74) is 5.26. The maximum atomic E-state index is 12.7. The molecule has 29 heavy (non-hydrogen) atoms. The van der Waals surface area contributed by atoms with Crippen LogP contribution in [0.5, 0.6) is 0 Å². The zero-order chi connectivity index (χ0) is 20.5. The Hall–Kier alpha value is -3.52. The molecular weight excluding hydrogens is 390 g/mol. The lowest BCUT2D eigenvalue weighted by atomic mass is 10.1. The van der Waals surface area contributed by atoms with Gasteiger partial charge >= 0.3 is 11.8 Å². The number of hydrogen-bond acceptors (Lipinski definition) is 5. The minimum Gasteiger partial charge on any atom is -0.467 e. The molecule has 3 N–H and O–H groups in total. The van der Waals surface area contributed by atoms with Crippen molar-refractivity contribution in [1.29, 1.82) is 0 Å². The smallest absolute Gasteiger partial charge is 0.327 e. The van der Waals surface area contributed by atoms with Crippen LogP contribution in [0, 0.1) is 0 Å². The average molecular weight is 409 g/mol. The molecule has 0 saturated carbocycles. The predicted molar refractivity (Wildman–Crippen MR) is 108 cm³/mol. The minimum absolute atomic E-state index is 0.0731. The highest BCUT2D eigenvalue weighted by atomic mass is 32.2. The van der Waals surface area contributed by atoms with E-state index in [1.807, 2.05) is 60.7 Å². The van der Waals surface area contributed by atoms with E-state index in [2.05, 4.69) is 16.2 Å². The van der Waals surface area contributed by atoms with Gasteiger partial charge in [-0.1, -0.05) is 48.5 Å². The van der Waals surface area contributed by atoms with Gasteiger partial charge in [-0.3, -0.25) is 25.2 Å². The van der Waals surface area contributed by atoms with Gasteiger partial charge in [-0.25, -0.2) is 0 Å². The molecule has 0 fully saturated rings. The van der Waals surface area contributed by atoms with Crippen molar-refractivity contribution in [2.75, 3.05) is 0 Å². The van der Waals surface area contributed by atoms with E-state index in [0.29, 0.717) is 5.76 Å². The maximum absolute atomic E-state index is 12.7. The van der Waals surface area contributed by atoms with Crippen molar-refractivity contribution in [1.82, 2.24) is 16.2 Å². The zero-order valence-corrected chi connectivity index (χ0v) is 16.1. The molecular formula is C21H19N3O4S. The van der Waals surface area contributed by atoms with E-state index in [4.69, 9.17) is 4.42 Å². The van der Waals surface area contributed by atoms with E-state index in [-0.39, 0.29) is 6.54 Å². The van der Waals surface area contributed by atoms with E-state index in [1.165, 1.54) is 18.0 Å². The molecule has 3 rings (SSSR count). The van der Waals surface area contributed by atoms with Crippen LogP contribution in [0.25, 0.3) is 0 Å². The third kappa shape index (κ3) is 5.98. The molecule has 0 aliphatic rings. The van der Waals surface area contributed by atoms with Crippen LogP contribution in [0.3, 0.4) is 0 Å². The van der Waals surface area contributed by atoms with Gasteiger partial charge in [0.1, 0.15) is 11.0 Å². The van der Waals surface area contributed by atoms with Crippen molar-refractivity contribution < 1.29 is 18.8 Å². The van der Waals surface area contributed by atoms with E-state index < -0.39 is 23.0 Å². The fourth-order valence-corrected chi connectivity index (χ4v) is 3.48.